The molecule has 3 unspecified atom stereocenters. The van der Waals surface area contributed by atoms with Crippen molar-refractivity contribution in [3.05, 3.63) is 0 Å². The first kappa shape index (κ1) is 13.5. The molecule has 0 aliphatic heterocycles. The molecule has 1 fully saturated rings. The van der Waals surface area contributed by atoms with E-state index >= 15 is 0 Å². The first-order valence-corrected chi connectivity index (χ1v) is 7.70. The number of hydrogen-bond donors (Lipinski definition) is 0. The summed E-state index contributed by atoms with van der Waals surface area (Å²) in [5, 5.41) is 0. The molecule has 0 radical (unpaired) electrons. The second-order valence-electron chi connectivity index (χ2n) is 5.55. The fourth-order valence-corrected chi connectivity index (χ4v) is 3.17. The van der Waals surface area contributed by atoms with Crippen molar-refractivity contribution in [2.75, 3.05) is 0 Å². The van der Waals surface area contributed by atoms with Gasteiger partial charge in [0.1, 0.15) is 0 Å². The van der Waals surface area contributed by atoms with Crippen molar-refractivity contribution in [2.24, 2.45) is 17.8 Å². The van der Waals surface area contributed by atoms with Crippen LogP contribution in [0, 0.1) is 17.8 Å². The van der Waals surface area contributed by atoms with E-state index < -0.39 is 0 Å². The molecule has 0 spiro atoms. The number of rotatable bonds is 5. The Kier molecular flexibility index (Phi) is 6.26. The molecule has 3 atom stereocenters. The molecule has 0 N–H and O–H groups in total. The third-order valence-electron chi connectivity index (χ3n) is 4.13. The van der Waals surface area contributed by atoms with Crippen LogP contribution >= 0.6 is 15.9 Å². The summed E-state index contributed by atoms with van der Waals surface area (Å²) in [6, 6.07) is 0. The third-order valence-corrected chi connectivity index (χ3v) is 5.64. The largest absolute Gasteiger partial charge is 0.0888 e. The van der Waals surface area contributed by atoms with Gasteiger partial charge in [0.2, 0.25) is 0 Å². The molecule has 1 aliphatic rings. The fourth-order valence-electron chi connectivity index (χ4n) is 2.91. The van der Waals surface area contributed by atoms with Crippen LogP contribution in [0.3, 0.4) is 0 Å². The van der Waals surface area contributed by atoms with Crippen LogP contribution in [0.1, 0.15) is 65.7 Å². The quantitative estimate of drug-likeness (QED) is 0.589. The van der Waals surface area contributed by atoms with Gasteiger partial charge < -0.3 is 0 Å². The lowest BCUT2D eigenvalue weighted by molar-refractivity contribution is 0.212. The summed E-state index contributed by atoms with van der Waals surface area (Å²) < 4.78 is 0. The van der Waals surface area contributed by atoms with Crippen LogP contribution in [-0.2, 0) is 0 Å². The normalized spacial score (nSPS) is 29.4. The van der Waals surface area contributed by atoms with Crippen LogP contribution in [0.15, 0.2) is 0 Å². The summed E-state index contributed by atoms with van der Waals surface area (Å²) in [5.74, 6) is 2.85. The molecule has 0 saturated heterocycles. The zero-order chi connectivity index (χ0) is 11.3. The van der Waals surface area contributed by atoms with Crippen LogP contribution in [0.4, 0.5) is 0 Å². The minimum Gasteiger partial charge on any atom is -0.0888 e. The number of hydrogen-bond acceptors (Lipinski definition) is 0. The third kappa shape index (κ3) is 4.46. The highest BCUT2D eigenvalue weighted by atomic mass is 79.9. The zero-order valence-corrected chi connectivity index (χ0v) is 12.2. The van der Waals surface area contributed by atoms with E-state index in [9.17, 15) is 0 Å². The van der Waals surface area contributed by atoms with Gasteiger partial charge in [-0.05, 0) is 30.6 Å². The average molecular weight is 275 g/mol. The standard InChI is InChI=1S/C14H27Br/c1-4-12-7-5-6-8-13(12)9-10-14(15)11(2)3/h11-14H,4-10H2,1-3H3. The van der Waals surface area contributed by atoms with Crippen LogP contribution in [0.5, 0.6) is 0 Å². The van der Waals surface area contributed by atoms with E-state index in [0.29, 0.717) is 0 Å². The molecule has 0 heterocycles. The van der Waals surface area contributed by atoms with Gasteiger partial charge in [0.15, 0.2) is 0 Å². The maximum absolute atomic E-state index is 3.81. The monoisotopic (exact) mass is 274 g/mol. The second kappa shape index (κ2) is 6.93. The Bertz CT molecular complexity index is 165. The number of halogens is 1. The van der Waals surface area contributed by atoms with Crippen LogP contribution in [-0.4, -0.2) is 4.83 Å². The Morgan fingerprint density at radius 3 is 2.27 bits per heavy atom. The van der Waals surface area contributed by atoms with Crippen molar-refractivity contribution in [2.45, 2.75) is 70.5 Å². The second-order valence-corrected chi connectivity index (χ2v) is 6.73. The summed E-state index contributed by atoms with van der Waals surface area (Å²) in [5.41, 5.74) is 0. The molecule has 15 heavy (non-hydrogen) atoms. The maximum atomic E-state index is 3.81. The summed E-state index contributed by atoms with van der Waals surface area (Å²) in [7, 11) is 0. The fraction of sp³-hybridized carbons (Fsp3) is 1.00. The van der Waals surface area contributed by atoms with E-state index in [-0.39, 0.29) is 0 Å². The lowest BCUT2D eigenvalue weighted by Crippen LogP contribution is -2.20. The minimum absolute atomic E-state index is 0.733. The molecule has 0 nitrogen and oxygen atoms in total. The predicted octanol–water partition coefficient (Wildman–Crippen LogP) is 5.40. The zero-order valence-electron chi connectivity index (χ0n) is 10.6. The summed E-state index contributed by atoms with van der Waals surface area (Å²) in [6.45, 7) is 7.01. The van der Waals surface area contributed by atoms with E-state index in [1.807, 2.05) is 0 Å². The molecule has 1 aliphatic carbocycles. The van der Waals surface area contributed by atoms with Crippen molar-refractivity contribution < 1.29 is 0 Å². The van der Waals surface area contributed by atoms with Gasteiger partial charge in [0, 0.05) is 4.83 Å². The molecular formula is C14H27Br. The van der Waals surface area contributed by atoms with E-state index in [1.54, 1.807) is 0 Å². The van der Waals surface area contributed by atoms with Gasteiger partial charge in [-0.1, -0.05) is 68.8 Å². The van der Waals surface area contributed by atoms with Crippen molar-refractivity contribution in [1.29, 1.82) is 0 Å². The van der Waals surface area contributed by atoms with Crippen molar-refractivity contribution in [3.63, 3.8) is 0 Å². The summed E-state index contributed by atoms with van der Waals surface area (Å²) in [6.07, 6.45) is 10.2. The van der Waals surface area contributed by atoms with E-state index in [0.717, 1.165) is 22.6 Å². The smallest absolute Gasteiger partial charge is 0.0168 e. The Morgan fingerprint density at radius 1 is 1.13 bits per heavy atom. The highest BCUT2D eigenvalue weighted by Crippen LogP contribution is 2.36. The highest BCUT2D eigenvalue weighted by molar-refractivity contribution is 9.09. The molecule has 0 aromatic rings. The summed E-state index contributed by atoms with van der Waals surface area (Å²) >= 11 is 3.81. The predicted molar refractivity (Wildman–Crippen MR) is 72.5 cm³/mol. The van der Waals surface area contributed by atoms with Gasteiger partial charge >= 0.3 is 0 Å². The SMILES string of the molecule is CCC1CCCCC1CCC(Br)C(C)C. The van der Waals surface area contributed by atoms with Gasteiger partial charge in [0.25, 0.3) is 0 Å². The van der Waals surface area contributed by atoms with Gasteiger partial charge in [0.05, 0.1) is 0 Å². The van der Waals surface area contributed by atoms with Gasteiger partial charge in [-0.25, -0.2) is 0 Å². The molecule has 1 heteroatoms. The van der Waals surface area contributed by atoms with E-state index in [2.05, 4.69) is 36.7 Å². The van der Waals surface area contributed by atoms with Gasteiger partial charge in [-0.2, -0.15) is 0 Å². The summed E-state index contributed by atoms with van der Waals surface area (Å²) in [4.78, 5) is 0.733. The molecule has 0 amide bonds. The van der Waals surface area contributed by atoms with Gasteiger partial charge in [-0.15, -0.1) is 0 Å². The molecule has 0 bridgehead atoms. The molecular weight excluding hydrogens is 248 g/mol. The first-order valence-electron chi connectivity index (χ1n) is 6.79. The van der Waals surface area contributed by atoms with Gasteiger partial charge in [-0.3, -0.25) is 0 Å². The molecule has 0 aromatic heterocycles. The Hall–Kier alpha value is 0.480. The van der Waals surface area contributed by atoms with E-state index in [4.69, 9.17) is 0 Å². The molecule has 1 saturated carbocycles. The van der Waals surface area contributed by atoms with Crippen molar-refractivity contribution >= 4 is 15.9 Å². The highest BCUT2D eigenvalue weighted by Gasteiger charge is 2.24. The molecule has 90 valence electrons. The lowest BCUT2D eigenvalue weighted by atomic mass is 9.75. The minimum atomic E-state index is 0.733. The Labute approximate surface area is 104 Å². The van der Waals surface area contributed by atoms with Crippen LogP contribution in [0.25, 0.3) is 0 Å². The first-order chi connectivity index (χ1) is 7.15. The van der Waals surface area contributed by atoms with Crippen molar-refractivity contribution in [1.82, 2.24) is 0 Å². The number of alkyl halides is 1. The van der Waals surface area contributed by atoms with Crippen LogP contribution in [0.2, 0.25) is 0 Å². The molecule has 0 aromatic carbocycles. The van der Waals surface area contributed by atoms with E-state index in [1.165, 1.54) is 44.9 Å². The van der Waals surface area contributed by atoms with Crippen LogP contribution < -0.4 is 0 Å². The maximum Gasteiger partial charge on any atom is 0.0168 e. The Balaban J connectivity index is 2.29. The topological polar surface area (TPSA) is 0 Å². The lowest BCUT2D eigenvalue weighted by Gasteiger charge is -2.31. The average Bonchev–Trinajstić information content (AvgIpc) is 2.26. The molecule has 1 rings (SSSR count). The van der Waals surface area contributed by atoms with Crippen molar-refractivity contribution in [3.8, 4) is 0 Å². The Morgan fingerprint density at radius 2 is 1.73 bits per heavy atom.